The van der Waals surface area contributed by atoms with Crippen molar-refractivity contribution in [2.24, 2.45) is 11.7 Å². The second-order valence-electron chi connectivity index (χ2n) is 3.93. The molecule has 2 unspecified atom stereocenters. The summed E-state index contributed by atoms with van der Waals surface area (Å²) < 4.78 is 23.0. The number of sulfone groups is 1. The van der Waals surface area contributed by atoms with Crippen LogP contribution in [0, 0.1) is 5.92 Å². The van der Waals surface area contributed by atoms with Crippen molar-refractivity contribution in [1.29, 1.82) is 0 Å². The minimum absolute atomic E-state index is 0.111. The van der Waals surface area contributed by atoms with Crippen molar-refractivity contribution in [2.45, 2.75) is 45.4 Å². The van der Waals surface area contributed by atoms with E-state index in [0.717, 1.165) is 6.42 Å². The maximum absolute atomic E-state index is 11.5. The van der Waals surface area contributed by atoms with Crippen LogP contribution < -0.4 is 5.73 Å². The van der Waals surface area contributed by atoms with Gasteiger partial charge in [0.2, 0.25) is 0 Å². The lowest BCUT2D eigenvalue weighted by molar-refractivity contribution is 0.464. The first-order valence-corrected chi connectivity index (χ1v) is 6.50. The standard InChI is InChI=1S/C9H21NO2S/c1-5-8(4)9(10)6-13(11,12)7(2)3/h7-9H,5-6,10H2,1-4H3. The van der Waals surface area contributed by atoms with Crippen LogP contribution in [-0.4, -0.2) is 25.5 Å². The van der Waals surface area contributed by atoms with E-state index in [0.29, 0.717) is 0 Å². The van der Waals surface area contributed by atoms with Gasteiger partial charge >= 0.3 is 0 Å². The summed E-state index contributed by atoms with van der Waals surface area (Å²) in [6, 6.07) is -0.225. The molecule has 0 rings (SSSR count). The van der Waals surface area contributed by atoms with E-state index >= 15 is 0 Å². The van der Waals surface area contributed by atoms with E-state index in [4.69, 9.17) is 5.73 Å². The summed E-state index contributed by atoms with van der Waals surface area (Å²) in [6.07, 6.45) is 0.925. The van der Waals surface area contributed by atoms with Crippen LogP contribution in [0.15, 0.2) is 0 Å². The molecule has 0 fully saturated rings. The molecule has 0 aromatic carbocycles. The third kappa shape index (κ3) is 4.09. The highest BCUT2D eigenvalue weighted by Gasteiger charge is 2.22. The molecule has 0 amide bonds. The van der Waals surface area contributed by atoms with E-state index in [9.17, 15) is 8.42 Å². The van der Waals surface area contributed by atoms with Gasteiger partial charge in [0.05, 0.1) is 11.0 Å². The van der Waals surface area contributed by atoms with Gasteiger partial charge in [-0.2, -0.15) is 0 Å². The lowest BCUT2D eigenvalue weighted by Gasteiger charge is -2.19. The summed E-state index contributed by atoms with van der Waals surface area (Å²) in [4.78, 5) is 0. The van der Waals surface area contributed by atoms with Gasteiger partial charge in [-0.25, -0.2) is 8.42 Å². The Morgan fingerprint density at radius 1 is 1.23 bits per heavy atom. The number of hydrogen-bond acceptors (Lipinski definition) is 3. The largest absolute Gasteiger partial charge is 0.327 e. The maximum atomic E-state index is 11.5. The van der Waals surface area contributed by atoms with Gasteiger partial charge < -0.3 is 5.73 Å². The molecule has 0 aliphatic carbocycles. The molecule has 0 heterocycles. The summed E-state index contributed by atoms with van der Waals surface area (Å²) >= 11 is 0. The Labute approximate surface area is 81.6 Å². The van der Waals surface area contributed by atoms with Crippen molar-refractivity contribution >= 4 is 9.84 Å². The van der Waals surface area contributed by atoms with Crippen LogP contribution in [0.5, 0.6) is 0 Å². The molecule has 2 atom stereocenters. The van der Waals surface area contributed by atoms with E-state index in [1.807, 2.05) is 13.8 Å². The number of nitrogens with two attached hydrogens (primary N) is 1. The molecule has 2 N–H and O–H groups in total. The normalized spacial score (nSPS) is 17.4. The van der Waals surface area contributed by atoms with Gasteiger partial charge in [-0.3, -0.25) is 0 Å². The molecule has 0 saturated heterocycles. The Bertz CT molecular complexity index is 234. The Morgan fingerprint density at radius 2 is 1.69 bits per heavy atom. The summed E-state index contributed by atoms with van der Waals surface area (Å²) in [7, 11) is -2.98. The molecule has 3 nitrogen and oxygen atoms in total. The van der Waals surface area contributed by atoms with Gasteiger partial charge in [0, 0.05) is 6.04 Å². The van der Waals surface area contributed by atoms with Gasteiger partial charge in [-0.05, 0) is 19.8 Å². The zero-order valence-electron chi connectivity index (χ0n) is 8.95. The minimum Gasteiger partial charge on any atom is -0.327 e. The highest BCUT2D eigenvalue weighted by Crippen LogP contribution is 2.10. The van der Waals surface area contributed by atoms with Crippen LogP contribution in [0.1, 0.15) is 34.1 Å². The molecule has 0 aliphatic heterocycles. The Morgan fingerprint density at radius 3 is 2.00 bits per heavy atom. The van der Waals surface area contributed by atoms with Crippen molar-refractivity contribution in [1.82, 2.24) is 0 Å². The molecule has 13 heavy (non-hydrogen) atoms. The predicted octanol–water partition coefficient (Wildman–Crippen LogP) is 1.18. The molecular formula is C9H21NO2S. The summed E-state index contributed by atoms with van der Waals surface area (Å²) in [5, 5.41) is -0.317. The van der Waals surface area contributed by atoms with Gasteiger partial charge in [0.1, 0.15) is 0 Å². The van der Waals surface area contributed by atoms with Crippen LogP contribution in [0.4, 0.5) is 0 Å². The Balaban J connectivity index is 4.29. The average molecular weight is 207 g/mol. The molecule has 0 spiro atoms. The third-order valence-corrected chi connectivity index (χ3v) is 4.80. The zero-order chi connectivity index (χ0) is 10.6. The first-order valence-electron chi connectivity index (χ1n) is 4.78. The van der Waals surface area contributed by atoms with Crippen molar-refractivity contribution in [3.8, 4) is 0 Å². The lowest BCUT2D eigenvalue weighted by Crippen LogP contribution is -2.37. The first kappa shape index (κ1) is 12.9. The summed E-state index contributed by atoms with van der Waals surface area (Å²) in [6.45, 7) is 7.39. The topological polar surface area (TPSA) is 60.2 Å². The van der Waals surface area contributed by atoms with Crippen molar-refractivity contribution in [2.75, 3.05) is 5.75 Å². The smallest absolute Gasteiger partial charge is 0.154 e. The molecule has 0 saturated carbocycles. The van der Waals surface area contributed by atoms with Crippen LogP contribution in [0.3, 0.4) is 0 Å². The molecule has 0 bridgehead atoms. The van der Waals surface area contributed by atoms with Crippen LogP contribution in [-0.2, 0) is 9.84 Å². The molecule has 0 aromatic heterocycles. The molecule has 80 valence electrons. The van der Waals surface area contributed by atoms with Crippen LogP contribution in [0.2, 0.25) is 0 Å². The Kier molecular flexibility index (Phi) is 4.92. The highest BCUT2D eigenvalue weighted by atomic mass is 32.2. The van der Waals surface area contributed by atoms with Gasteiger partial charge in [-0.15, -0.1) is 0 Å². The monoisotopic (exact) mass is 207 g/mol. The molecule has 0 aromatic rings. The fourth-order valence-electron chi connectivity index (χ4n) is 0.928. The lowest BCUT2D eigenvalue weighted by atomic mass is 10.0. The van der Waals surface area contributed by atoms with Gasteiger partial charge in [-0.1, -0.05) is 20.3 Å². The second-order valence-corrected chi connectivity index (χ2v) is 6.53. The van der Waals surface area contributed by atoms with Crippen molar-refractivity contribution < 1.29 is 8.42 Å². The summed E-state index contributed by atoms with van der Waals surface area (Å²) in [5.41, 5.74) is 5.77. The maximum Gasteiger partial charge on any atom is 0.154 e. The SMILES string of the molecule is CCC(C)C(N)CS(=O)(=O)C(C)C. The molecular weight excluding hydrogens is 186 g/mol. The third-order valence-electron chi connectivity index (χ3n) is 2.52. The molecule has 0 radical (unpaired) electrons. The van der Waals surface area contributed by atoms with Gasteiger partial charge in [0.25, 0.3) is 0 Å². The van der Waals surface area contributed by atoms with Gasteiger partial charge in [0.15, 0.2) is 9.84 Å². The van der Waals surface area contributed by atoms with Crippen molar-refractivity contribution in [3.63, 3.8) is 0 Å². The first-order chi connectivity index (χ1) is 5.81. The van der Waals surface area contributed by atoms with E-state index in [-0.39, 0.29) is 23.0 Å². The number of rotatable bonds is 5. The van der Waals surface area contributed by atoms with Crippen molar-refractivity contribution in [3.05, 3.63) is 0 Å². The zero-order valence-corrected chi connectivity index (χ0v) is 9.76. The van der Waals surface area contributed by atoms with Crippen LogP contribution in [0.25, 0.3) is 0 Å². The quantitative estimate of drug-likeness (QED) is 0.736. The fraction of sp³-hybridized carbons (Fsp3) is 1.00. The average Bonchev–Trinajstić information content (AvgIpc) is 2.01. The minimum atomic E-state index is -2.98. The Hall–Kier alpha value is -0.0900. The second kappa shape index (κ2) is 4.96. The van der Waals surface area contributed by atoms with E-state index in [1.165, 1.54) is 0 Å². The van der Waals surface area contributed by atoms with E-state index in [1.54, 1.807) is 13.8 Å². The molecule has 0 aliphatic rings. The van der Waals surface area contributed by atoms with Crippen LogP contribution >= 0.6 is 0 Å². The van der Waals surface area contributed by atoms with E-state index in [2.05, 4.69) is 0 Å². The molecule has 4 heteroatoms. The number of hydrogen-bond donors (Lipinski definition) is 1. The predicted molar refractivity (Wildman–Crippen MR) is 56.4 cm³/mol. The van der Waals surface area contributed by atoms with E-state index < -0.39 is 9.84 Å². The fourth-order valence-corrected chi connectivity index (χ4v) is 2.18. The summed E-state index contributed by atoms with van der Waals surface area (Å²) in [5.74, 6) is 0.383. The highest BCUT2D eigenvalue weighted by molar-refractivity contribution is 7.92.